The summed E-state index contributed by atoms with van der Waals surface area (Å²) in [5.41, 5.74) is -0.615. The predicted octanol–water partition coefficient (Wildman–Crippen LogP) is 3.28. The summed E-state index contributed by atoms with van der Waals surface area (Å²) in [6.07, 6.45) is -4.18. The number of amides is 1. The number of esters is 1. The lowest BCUT2D eigenvalue weighted by atomic mass is 10.2. The molecule has 24 heavy (non-hydrogen) atoms. The van der Waals surface area contributed by atoms with Gasteiger partial charge in [-0.2, -0.15) is 13.2 Å². The number of pyridine rings is 1. The Morgan fingerprint density at radius 2 is 1.79 bits per heavy atom. The summed E-state index contributed by atoms with van der Waals surface area (Å²) in [6, 6.07) is 8.58. The fourth-order valence-electron chi connectivity index (χ4n) is 1.74. The van der Waals surface area contributed by atoms with Crippen molar-refractivity contribution in [3.05, 3.63) is 59.9 Å². The van der Waals surface area contributed by atoms with Gasteiger partial charge in [0.2, 0.25) is 0 Å². The highest BCUT2D eigenvalue weighted by molar-refractivity contribution is 5.96. The topological polar surface area (TPSA) is 68.3 Å². The fraction of sp³-hybridized carbons (Fsp3) is 0.188. The molecular weight excluding hydrogens is 325 g/mol. The summed E-state index contributed by atoms with van der Waals surface area (Å²) < 4.78 is 42.3. The van der Waals surface area contributed by atoms with E-state index in [-0.39, 0.29) is 11.4 Å². The Labute approximate surface area is 135 Å². The molecule has 2 aromatic rings. The molecule has 0 aliphatic heterocycles. The van der Waals surface area contributed by atoms with Gasteiger partial charge in [0.05, 0.1) is 5.56 Å². The molecule has 0 radical (unpaired) electrons. The number of anilines is 1. The van der Waals surface area contributed by atoms with Crippen molar-refractivity contribution in [2.45, 2.75) is 19.2 Å². The van der Waals surface area contributed by atoms with Crippen LogP contribution in [0.5, 0.6) is 0 Å². The van der Waals surface area contributed by atoms with Crippen LogP contribution in [-0.4, -0.2) is 23.0 Å². The first-order chi connectivity index (χ1) is 11.3. The smallest absolute Gasteiger partial charge is 0.416 e. The largest absolute Gasteiger partial charge is 0.448 e. The molecule has 0 aliphatic rings. The third-order valence-corrected chi connectivity index (χ3v) is 3.01. The van der Waals surface area contributed by atoms with Crippen LogP contribution in [0.25, 0.3) is 0 Å². The Bertz CT molecular complexity index is 716. The molecule has 2 rings (SSSR count). The predicted molar refractivity (Wildman–Crippen MR) is 79.2 cm³/mol. The minimum Gasteiger partial charge on any atom is -0.448 e. The number of nitrogens with one attached hydrogen (secondary N) is 1. The zero-order valence-electron chi connectivity index (χ0n) is 12.5. The molecule has 1 N–H and O–H groups in total. The number of aromatic nitrogens is 1. The van der Waals surface area contributed by atoms with Gasteiger partial charge in [0.15, 0.2) is 6.10 Å². The number of ether oxygens (including phenoxy) is 1. The van der Waals surface area contributed by atoms with Crippen LogP contribution in [-0.2, 0) is 15.7 Å². The highest BCUT2D eigenvalue weighted by Crippen LogP contribution is 2.29. The SMILES string of the molecule is C[C@@H](OC(=O)c1ccccn1)C(=O)Nc1ccc(C(F)(F)F)cc1. The monoisotopic (exact) mass is 338 g/mol. The summed E-state index contributed by atoms with van der Waals surface area (Å²) in [5.74, 6) is -1.44. The maximum Gasteiger partial charge on any atom is 0.416 e. The van der Waals surface area contributed by atoms with E-state index in [9.17, 15) is 22.8 Å². The lowest BCUT2D eigenvalue weighted by Gasteiger charge is -2.14. The summed E-state index contributed by atoms with van der Waals surface area (Å²) in [6.45, 7) is 1.35. The Morgan fingerprint density at radius 1 is 1.12 bits per heavy atom. The van der Waals surface area contributed by atoms with Crippen LogP contribution in [0, 0.1) is 0 Å². The number of benzene rings is 1. The molecular formula is C16H13F3N2O3. The zero-order valence-corrected chi connectivity index (χ0v) is 12.5. The van der Waals surface area contributed by atoms with Gasteiger partial charge in [-0.25, -0.2) is 9.78 Å². The van der Waals surface area contributed by atoms with Gasteiger partial charge < -0.3 is 10.1 Å². The van der Waals surface area contributed by atoms with Crippen molar-refractivity contribution >= 4 is 17.6 Å². The number of hydrogen-bond donors (Lipinski definition) is 1. The number of nitrogens with zero attached hydrogens (tertiary/aromatic N) is 1. The van der Waals surface area contributed by atoms with Gasteiger partial charge >= 0.3 is 12.1 Å². The van der Waals surface area contributed by atoms with E-state index in [0.29, 0.717) is 0 Å². The average molecular weight is 338 g/mol. The number of carbonyl (C=O) groups is 2. The molecule has 8 heteroatoms. The van der Waals surface area contributed by atoms with Gasteiger partial charge in [-0.1, -0.05) is 6.07 Å². The van der Waals surface area contributed by atoms with Crippen molar-refractivity contribution in [2.24, 2.45) is 0 Å². The van der Waals surface area contributed by atoms with Crippen LogP contribution in [0.1, 0.15) is 23.0 Å². The van der Waals surface area contributed by atoms with E-state index in [1.165, 1.54) is 19.2 Å². The number of alkyl halides is 3. The molecule has 1 aromatic carbocycles. The van der Waals surface area contributed by atoms with Gasteiger partial charge in [0.25, 0.3) is 5.91 Å². The Balaban J connectivity index is 1.95. The van der Waals surface area contributed by atoms with Crippen molar-refractivity contribution < 1.29 is 27.5 Å². The Morgan fingerprint density at radius 3 is 2.33 bits per heavy atom. The minimum atomic E-state index is -4.45. The molecule has 0 spiro atoms. The third kappa shape index (κ3) is 4.55. The van der Waals surface area contributed by atoms with E-state index in [1.807, 2.05) is 0 Å². The molecule has 1 amide bonds. The Hall–Kier alpha value is -2.90. The van der Waals surface area contributed by atoms with Crippen LogP contribution >= 0.6 is 0 Å². The van der Waals surface area contributed by atoms with Crippen LogP contribution in [0.3, 0.4) is 0 Å². The normalized spacial score (nSPS) is 12.3. The van der Waals surface area contributed by atoms with Crippen molar-refractivity contribution in [1.82, 2.24) is 4.98 Å². The maximum atomic E-state index is 12.5. The summed E-state index contributed by atoms with van der Waals surface area (Å²) >= 11 is 0. The molecule has 1 heterocycles. The summed E-state index contributed by atoms with van der Waals surface area (Å²) in [5, 5.41) is 2.37. The van der Waals surface area contributed by atoms with Crippen LogP contribution < -0.4 is 5.32 Å². The van der Waals surface area contributed by atoms with E-state index in [4.69, 9.17) is 4.74 Å². The summed E-state index contributed by atoms with van der Waals surface area (Å²) in [4.78, 5) is 27.5. The van der Waals surface area contributed by atoms with Gasteiger partial charge in [-0.3, -0.25) is 4.79 Å². The number of rotatable bonds is 4. The van der Waals surface area contributed by atoms with Crippen molar-refractivity contribution in [1.29, 1.82) is 0 Å². The van der Waals surface area contributed by atoms with E-state index < -0.39 is 29.7 Å². The fourth-order valence-corrected chi connectivity index (χ4v) is 1.74. The highest BCUT2D eigenvalue weighted by atomic mass is 19.4. The third-order valence-electron chi connectivity index (χ3n) is 3.01. The molecule has 0 fully saturated rings. The first kappa shape index (κ1) is 17.5. The van der Waals surface area contributed by atoms with Crippen LogP contribution in [0.4, 0.5) is 18.9 Å². The van der Waals surface area contributed by atoms with Crippen LogP contribution in [0.15, 0.2) is 48.7 Å². The van der Waals surface area contributed by atoms with Gasteiger partial charge in [0.1, 0.15) is 5.69 Å². The molecule has 0 bridgehead atoms. The van der Waals surface area contributed by atoms with Crippen molar-refractivity contribution in [2.75, 3.05) is 5.32 Å². The lowest BCUT2D eigenvalue weighted by Crippen LogP contribution is -2.30. The molecule has 0 aliphatic carbocycles. The van der Waals surface area contributed by atoms with Gasteiger partial charge in [0, 0.05) is 11.9 Å². The second-order valence-electron chi connectivity index (χ2n) is 4.83. The van der Waals surface area contributed by atoms with Gasteiger partial charge in [-0.05, 0) is 43.3 Å². The highest BCUT2D eigenvalue weighted by Gasteiger charge is 2.30. The van der Waals surface area contributed by atoms with E-state index in [0.717, 1.165) is 24.3 Å². The molecule has 1 aromatic heterocycles. The van der Waals surface area contributed by atoms with Gasteiger partial charge in [-0.15, -0.1) is 0 Å². The first-order valence-corrected chi connectivity index (χ1v) is 6.87. The Kier molecular flexibility index (Phi) is 5.18. The number of hydrogen-bond acceptors (Lipinski definition) is 4. The first-order valence-electron chi connectivity index (χ1n) is 6.87. The number of halogens is 3. The van der Waals surface area contributed by atoms with Crippen molar-refractivity contribution in [3.63, 3.8) is 0 Å². The zero-order chi connectivity index (χ0) is 17.7. The molecule has 0 unspecified atom stereocenters. The number of carbonyl (C=O) groups excluding carboxylic acids is 2. The quantitative estimate of drug-likeness (QED) is 0.869. The summed E-state index contributed by atoms with van der Waals surface area (Å²) in [7, 11) is 0. The lowest BCUT2D eigenvalue weighted by molar-refractivity contribution is -0.137. The molecule has 126 valence electrons. The molecule has 5 nitrogen and oxygen atoms in total. The molecule has 1 atom stereocenters. The molecule has 0 saturated carbocycles. The van der Waals surface area contributed by atoms with Crippen molar-refractivity contribution in [3.8, 4) is 0 Å². The van der Waals surface area contributed by atoms with E-state index in [2.05, 4.69) is 10.3 Å². The second kappa shape index (κ2) is 7.12. The van der Waals surface area contributed by atoms with Crippen LogP contribution in [0.2, 0.25) is 0 Å². The minimum absolute atomic E-state index is 0.0479. The van der Waals surface area contributed by atoms with E-state index in [1.54, 1.807) is 12.1 Å². The second-order valence-corrected chi connectivity index (χ2v) is 4.83. The standard InChI is InChI=1S/C16H13F3N2O3/c1-10(24-15(23)13-4-2-3-9-20-13)14(22)21-12-7-5-11(6-8-12)16(17,18)19/h2-10H,1H3,(H,21,22)/t10-/m1/s1. The maximum absolute atomic E-state index is 12.5. The molecule has 0 saturated heterocycles. The van der Waals surface area contributed by atoms with E-state index >= 15 is 0 Å². The average Bonchev–Trinajstić information content (AvgIpc) is 2.55.